The standard InChI is InChI=1S/C11H22N2O2/c1-11(3-4-15-8-11)13-6-9-5-10(14-2)7-12-9/h9-10,12-13H,3-8H2,1-2H3. The van der Waals surface area contributed by atoms with E-state index in [1.807, 2.05) is 0 Å². The summed E-state index contributed by atoms with van der Waals surface area (Å²) in [7, 11) is 1.79. The second-order valence-electron chi connectivity index (χ2n) is 4.94. The Morgan fingerprint density at radius 3 is 3.07 bits per heavy atom. The number of nitrogens with one attached hydrogen (secondary N) is 2. The maximum Gasteiger partial charge on any atom is 0.0711 e. The summed E-state index contributed by atoms with van der Waals surface area (Å²) >= 11 is 0. The van der Waals surface area contributed by atoms with Crippen LogP contribution in [0.5, 0.6) is 0 Å². The van der Waals surface area contributed by atoms with Crippen molar-refractivity contribution in [3.63, 3.8) is 0 Å². The van der Waals surface area contributed by atoms with Gasteiger partial charge in [0.05, 0.1) is 12.7 Å². The van der Waals surface area contributed by atoms with Gasteiger partial charge >= 0.3 is 0 Å². The van der Waals surface area contributed by atoms with Crippen LogP contribution in [0, 0.1) is 0 Å². The molecule has 0 bridgehead atoms. The van der Waals surface area contributed by atoms with Gasteiger partial charge in [0.15, 0.2) is 0 Å². The fraction of sp³-hybridized carbons (Fsp3) is 1.00. The quantitative estimate of drug-likeness (QED) is 0.698. The molecule has 3 unspecified atom stereocenters. The molecule has 2 aliphatic heterocycles. The molecule has 0 saturated carbocycles. The van der Waals surface area contributed by atoms with Crippen LogP contribution in [0.3, 0.4) is 0 Å². The second-order valence-corrected chi connectivity index (χ2v) is 4.94. The molecule has 0 spiro atoms. The predicted molar refractivity (Wildman–Crippen MR) is 59.0 cm³/mol. The van der Waals surface area contributed by atoms with Crippen LogP contribution in [-0.4, -0.2) is 51.1 Å². The van der Waals surface area contributed by atoms with Gasteiger partial charge in [-0.15, -0.1) is 0 Å². The molecule has 2 fully saturated rings. The Morgan fingerprint density at radius 2 is 2.47 bits per heavy atom. The third kappa shape index (κ3) is 2.91. The molecule has 2 heterocycles. The molecule has 0 aromatic rings. The minimum Gasteiger partial charge on any atom is -0.380 e. The van der Waals surface area contributed by atoms with Gasteiger partial charge in [0, 0.05) is 38.4 Å². The summed E-state index contributed by atoms with van der Waals surface area (Å²) in [6.45, 7) is 5.97. The van der Waals surface area contributed by atoms with E-state index in [0.717, 1.165) is 39.1 Å². The van der Waals surface area contributed by atoms with Gasteiger partial charge in [-0.25, -0.2) is 0 Å². The predicted octanol–water partition coefficient (Wildman–Crippen LogP) is 0.132. The van der Waals surface area contributed by atoms with Crippen LogP contribution in [0.15, 0.2) is 0 Å². The zero-order chi connectivity index (χ0) is 10.7. The van der Waals surface area contributed by atoms with E-state index in [4.69, 9.17) is 9.47 Å². The van der Waals surface area contributed by atoms with Crippen molar-refractivity contribution in [1.82, 2.24) is 10.6 Å². The minimum absolute atomic E-state index is 0.187. The third-order valence-corrected chi connectivity index (χ3v) is 3.51. The average molecular weight is 214 g/mol. The Kier molecular flexibility index (Phi) is 3.61. The summed E-state index contributed by atoms with van der Waals surface area (Å²) < 4.78 is 10.7. The zero-order valence-corrected chi connectivity index (χ0v) is 9.71. The van der Waals surface area contributed by atoms with Crippen molar-refractivity contribution in [1.29, 1.82) is 0 Å². The van der Waals surface area contributed by atoms with Gasteiger partial charge in [-0.1, -0.05) is 0 Å². The normalized spacial score (nSPS) is 41.2. The van der Waals surface area contributed by atoms with E-state index in [1.165, 1.54) is 0 Å². The van der Waals surface area contributed by atoms with E-state index >= 15 is 0 Å². The summed E-state index contributed by atoms with van der Waals surface area (Å²) in [6.07, 6.45) is 2.62. The lowest BCUT2D eigenvalue weighted by atomic mass is 10.0. The average Bonchev–Trinajstić information content (AvgIpc) is 2.84. The molecule has 88 valence electrons. The van der Waals surface area contributed by atoms with Crippen LogP contribution in [0.4, 0.5) is 0 Å². The topological polar surface area (TPSA) is 42.5 Å². The lowest BCUT2D eigenvalue weighted by molar-refractivity contribution is 0.117. The highest BCUT2D eigenvalue weighted by atomic mass is 16.5. The Balaban J connectivity index is 1.70. The van der Waals surface area contributed by atoms with Crippen molar-refractivity contribution >= 4 is 0 Å². The van der Waals surface area contributed by atoms with E-state index < -0.39 is 0 Å². The van der Waals surface area contributed by atoms with E-state index in [1.54, 1.807) is 7.11 Å². The number of ether oxygens (including phenoxy) is 2. The Labute approximate surface area is 91.7 Å². The molecule has 15 heavy (non-hydrogen) atoms. The SMILES string of the molecule is COC1CNC(CNC2(C)CCOC2)C1. The third-order valence-electron chi connectivity index (χ3n) is 3.51. The van der Waals surface area contributed by atoms with Crippen LogP contribution in [0.1, 0.15) is 19.8 Å². The Bertz CT molecular complexity index is 205. The largest absolute Gasteiger partial charge is 0.380 e. The molecule has 2 rings (SSSR count). The minimum atomic E-state index is 0.187. The van der Waals surface area contributed by atoms with Crippen molar-refractivity contribution in [2.45, 2.75) is 37.5 Å². The molecule has 0 aliphatic carbocycles. The number of hydrogen-bond acceptors (Lipinski definition) is 4. The highest BCUT2D eigenvalue weighted by Crippen LogP contribution is 2.18. The number of methoxy groups -OCH3 is 1. The van der Waals surface area contributed by atoms with Crippen LogP contribution in [0.2, 0.25) is 0 Å². The van der Waals surface area contributed by atoms with E-state index in [2.05, 4.69) is 17.6 Å². The molecule has 4 nitrogen and oxygen atoms in total. The van der Waals surface area contributed by atoms with E-state index in [-0.39, 0.29) is 5.54 Å². The molecule has 2 aliphatic rings. The van der Waals surface area contributed by atoms with Gasteiger partial charge in [0.2, 0.25) is 0 Å². The molecular formula is C11H22N2O2. The Hall–Kier alpha value is -0.160. The van der Waals surface area contributed by atoms with Crippen molar-refractivity contribution in [2.75, 3.05) is 33.4 Å². The number of hydrogen-bond donors (Lipinski definition) is 2. The fourth-order valence-electron chi connectivity index (χ4n) is 2.29. The monoisotopic (exact) mass is 214 g/mol. The second kappa shape index (κ2) is 4.78. The van der Waals surface area contributed by atoms with Crippen LogP contribution in [0.25, 0.3) is 0 Å². The Morgan fingerprint density at radius 1 is 1.60 bits per heavy atom. The zero-order valence-electron chi connectivity index (χ0n) is 9.71. The molecule has 2 N–H and O–H groups in total. The summed E-state index contributed by atoms with van der Waals surface area (Å²) in [6, 6.07) is 0.548. The first-order valence-corrected chi connectivity index (χ1v) is 5.81. The molecule has 0 radical (unpaired) electrons. The first-order chi connectivity index (χ1) is 7.22. The highest BCUT2D eigenvalue weighted by Gasteiger charge is 2.31. The highest BCUT2D eigenvalue weighted by molar-refractivity contribution is 4.91. The summed E-state index contributed by atoms with van der Waals surface area (Å²) in [5.74, 6) is 0. The summed E-state index contributed by atoms with van der Waals surface area (Å²) in [4.78, 5) is 0. The molecule has 0 amide bonds. The van der Waals surface area contributed by atoms with Gasteiger partial charge in [0.1, 0.15) is 0 Å². The first-order valence-electron chi connectivity index (χ1n) is 5.81. The first kappa shape index (κ1) is 11.3. The van der Waals surface area contributed by atoms with Gasteiger partial charge in [-0.05, 0) is 19.8 Å². The van der Waals surface area contributed by atoms with Crippen LogP contribution in [-0.2, 0) is 9.47 Å². The van der Waals surface area contributed by atoms with E-state index in [9.17, 15) is 0 Å². The fourth-order valence-corrected chi connectivity index (χ4v) is 2.29. The van der Waals surface area contributed by atoms with Crippen LogP contribution >= 0.6 is 0 Å². The summed E-state index contributed by atoms with van der Waals surface area (Å²) in [5, 5.41) is 7.07. The number of rotatable bonds is 4. The maximum absolute atomic E-state index is 5.41. The molecule has 0 aromatic carbocycles. The molecule has 4 heteroatoms. The molecular weight excluding hydrogens is 192 g/mol. The smallest absolute Gasteiger partial charge is 0.0711 e. The molecule has 0 aromatic heterocycles. The van der Waals surface area contributed by atoms with Gasteiger partial charge in [0.25, 0.3) is 0 Å². The lowest BCUT2D eigenvalue weighted by Crippen LogP contribution is -2.48. The maximum atomic E-state index is 5.41. The van der Waals surface area contributed by atoms with Crippen molar-refractivity contribution < 1.29 is 9.47 Å². The molecule has 3 atom stereocenters. The van der Waals surface area contributed by atoms with Gasteiger partial charge < -0.3 is 20.1 Å². The van der Waals surface area contributed by atoms with Crippen molar-refractivity contribution in [2.24, 2.45) is 0 Å². The van der Waals surface area contributed by atoms with Crippen molar-refractivity contribution in [3.05, 3.63) is 0 Å². The van der Waals surface area contributed by atoms with Crippen molar-refractivity contribution in [3.8, 4) is 0 Å². The van der Waals surface area contributed by atoms with Gasteiger partial charge in [-0.3, -0.25) is 0 Å². The van der Waals surface area contributed by atoms with Crippen LogP contribution < -0.4 is 10.6 Å². The summed E-state index contributed by atoms with van der Waals surface area (Å²) in [5.41, 5.74) is 0.187. The van der Waals surface area contributed by atoms with Gasteiger partial charge in [-0.2, -0.15) is 0 Å². The van der Waals surface area contributed by atoms with E-state index in [0.29, 0.717) is 12.1 Å². The molecule has 2 saturated heterocycles. The lowest BCUT2D eigenvalue weighted by Gasteiger charge is -2.25.